The van der Waals surface area contributed by atoms with Gasteiger partial charge in [-0.15, -0.1) is 12.4 Å². The van der Waals surface area contributed by atoms with Gasteiger partial charge in [-0.1, -0.05) is 37.3 Å². The third kappa shape index (κ3) is 3.02. The van der Waals surface area contributed by atoms with Crippen LogP contribution in [0.1, 0.15) is 24.0 Å². The lowest BCUT2D eigenvalue weighted by Gasteiger charge is -2.14. The van der Waals surface area contributed by atoms with Gasteiger partial charge in [0.15, 0.2) is 0 Å². The van der Waals surface area contributed by atoms with E-state index in [-0.39, 0.29) is 18.2 Å². The van der Waals surface area contributed by atoms with Crippen molar-refractivity contribution in [3.05, 3.63) is 59.4 Å². The fourth-order valence-corrected chi connectivity index (χ4v) is 2.78. The standard InChI is InChI=1S/C17H18FN.ClH/c1-12-11-19-8-7-13-5-6-15(10-17(12)13)14-3-2-4-16(18)9-14;/h2-6,9-10,12,19H,7-8,11H2,1H3;1H/t12-;/m0./s1. The monoisotopic (exact) mass is 291 g/mol. The zero-order valence-electron chi connectivity index (χ0n) is 11.5. The van der Waals surface area contributed by atoms with Crippen LogP contribution < -0.4 is 5.32 Å². The van der Waals surface area contributed by atoms with E-state index in [0.717, 1.165) is 30.6 Å². The lowest BCUT2D eigenvalue weighted by atomic mass is 9.91. The van der Waals surface area contributed by atoms with Crippen LogP contribution in [-0.2, 0) is 6.42 Å². The van der Waals surface area contributed by atoms with Crippen LogP contribution in [0.25, 0.3) is 11.1 Å². The number of benzene rings is 2. The molecular formula is C17H19ClFN. The summed E-state index contributed by atoms with van der Waals surface area (Å²) in [4.78, 5) is 0. The molecule has 1 aliphatic heterocycles. The van der Waals surface area contributed by atoms with Gasteiger partial charge in [0.25, 0.3) is 0 Å². The molecule has 0 aliphatic carbocycles. The minimum atomic E-state index is -0.179. The molecule has 0 bridgehead atoms. The van der Waals surface area contributed by atoms with Crippen molar-refractivity contribution in [2.24, 2.45) is 0 Å². The Balaban J connectivity index is 0.00000147. The van der Waals surface area contributed by atoms with Crippen LogP contribution in [0.5, 0.6) is 0 Å². The Bertz CT molecular complexity index is 597. The first-order valence-corrected chi connectivity index (χ1v) is 6.83. The molecule has 1 heterocycles. The summed E-state index contributed by atoms with van der Waals surface area (Å²) in [5.74, 6) is 0.327. The van der Waals surface area contributed by atoms with Gasteiger partial charge in [0.05, 0.1) is 0 Å². The number of hydrogen-bond acceptors (Lipinski definition) is 1. The fourth-order valence-electron chi connectivity index (χ4n) is 2.78. The largest absolute Gasteiger partial charge is 0.316 e. The molecule has 0 radical (unpaired) electrons. The van der Waals surface area contributed by atoms with E-state index in [1.165, 1.54) is 17.2 Å². The third-order valence-electron chi connectivity index (χ3n) is 3.86. The Morgan fingerprint density at radius 3 is 2.70 bits per heavy atom. The number of nitrogens with one attached hydrogen (secondary N) is 1. The molecule has 2 aromatic rings. The van der Waals surface area contributed by atoms with E-state index in [9.17, 15) is 4.39 Å². The third-order valence-corrected chi connectivity index (χ3v) is 3.86. The molecule has 0 unspecified atom stereocenters. The highest BCUT2D eigenvalue weighted by Gasteiger charge is 2.15. The molecule has 20 heavy (non-hydrogen) atoms. The topological polar surface area (TPSA) is 12.0 Å². The Labute approximate surface area is 125 Å². The van der Waals surface area contributed by atoms with Gasteiger partial charge >= 0.3 is 0 Å². The summed E-state index contributed by atoms with van der Waals surface area (Å²) in [6.07, 6.45) is 1.07. The van der Waals surface area contributed by atoms with Crippen molar-refractivity contribution >= 4 is 12.4 Å². The number of fused-ring (bicyclic) bond motifs is 1. The SMILES string of the molecule is C[C@H]1CNCCc2ccc(-c3cccc(F)c3)cc21.Cl. The summed E-state index contributed by atoms with van der Waals surface area (Å²) >= 11 is 0. The fraction of sp³-hybridized carbons (Fsp3) is 0.294. The van der Waals surface area contributed by atoms with E-state index >= 15 is 0 Å². The Morgan fingerprint density at radius 2 is 1.90 bits per heavy atom. The number of hydrogen-bond donors (Lipinski definition) is 1. The molecule has 3 heteroatoms. The van der Waals surface area contributed by atoms with Gasteiger partial charge in [-0.25, -0.2) is 4.39 Å². The van der Waals surface area contributed by atoms with Crippen molar-refractivity contribution in [1.82, 2.24) is 5.32 Å². The van der Waals surface area contributed by atoms with Crippen LogP contribution in [0.3, 0.4) is 0 Å². The van der Waals surface area contributed by atoms with Crippen molar-refractivity contribution in [2.75, 3.05) is 13.1 Å². The van der Waals surface area contributed by atoms with Crippen LogP contribution in [0, 0.1) is 5.82 Å². The van der Waals surface area contributed by atoms with E-state index in [1.807, 2.05) is 6.07 Å². The van der Waals surface area contributed by atoms with Crippen LogP contribution in [0.4, 0.5) is 4.39 Å². The average molecular weight is 292 g/mol. The molecule has 0 fully saturated rings. The van der Waals surface area contributed by atoms with Crippen molar-refractivity contribution in [3.8, 4) is 11.1 Å². The van der Waals surface area contributed by atoms with E-state index in [1.54, 1.807) is 12.1 Å². The smallest absolute Gasteiger partial charge is 0.123 e. The molecule has 1 nitrogen and oxygen atoms in total. The quantitative estimate of drug-likeness (QED) is 0.832. The average Bonchev–Trinajstić information content (AvgIpc) is 2.61. The molecule has 0 saturated carbocycles. The predicted octanol–water partition coefficient (Wildman–Crippen LogP) is 4.16. The van der Waals surface area contributed by atoms with Gasteiger partial charge in [-0.3, -0.25) is 0 Å². The lowest BCUT2D eigenvalue weighted by Crippen LogP contribution is -2.18. The van der Waals surface area contributed by atoms with Gasteiger partial charge < -0.3 is 5.32 Å². The van der Waals surface area contributed by atoms with E-state index in [4.69, 9.17) is 0 Å². The van der Waals surface area contributed by atoms with E-state index in [2.05, 4.69) is 30.4 Å². The Kier molecular flexibility index (Phi) is 4.79. The highest BCUT2D eigenvalue weighted by Crippen LogP contribution is 2.28. The van der Waals surface area contributed by atoms with Crippen molar-refractivity contribution in [1.29, 1.82) is 0 Å². The first-order chi connectivity index (χ1) is 9.24. The lowest BCUT2D eigenvalue weighted by molar-refractivity contribution is 0.628. The van der Waals surface area contributed by atoms with Crippen LogP contribution in [-0.4, -0.2) is 13.1 Å². The first-order valence-electron chi connectivity index (χ1n) is 6.83. The second kappa shape index (κ2) is 6.38. The molecule has 2 aromatic carbocycles. The molecule has 106 valence electrons. The minimum Gasteiger partial charge on any atom is -0.316 e. The molecule has 0 amide bonds. The minimum absolute atomic E-state index is 0. The van der Waals surface area contributed by atoms with Gasteiger partial charge in [0.1, 0.15) is 5.82 Å². The highest BCUT2D eigenvalue weighted by atomic mass is 35.5. The van der Waals surface area contributed by atoms with Crippen LogP contribution in [0.2, 0.25) is 0 Å². The van der Waals surface area contributed by atoms with Crippen LogP contribution in [0.15, 0.2) is 42.5 Å². The van der Waals surface area contributed by atoms with Gasteiger partial charge in [0.2, 0.25) is 0 Å². The predicted molar refractivity (Wildman–Crippen MR) is 84.1 cm³/mol. The van der Waals surface area contributed by atoms with Crippen LogP contribution >= 0.6 is 12.4 Å². The Hall–Kier alpha value is -1.38. The van der Waals surface area contributed by atoms with Gasteiger partial charge in [0, 0.05) is 6.54 Å². The maximum absolute atomic E-state index is 13.3. The van der Waals surface area contributed by atoms with Crippen molar-refractivity contribution < 1.29 is 4.39 Å². The number of halogens is 2. The van der Waals surface area contributed by atoms with E-state index < -0.39 is 0 Å². The molecule has 0 spiro atoms. The summed E-state index contributed by atoms with van der Waals surface area (Å²) in [5.41, 5.74) is 4.86. The summed E-state index contributed by atoms with van der Waals surface area (Å²) in [6.45, 7) is 4.29. The number of rotatable bonds is 1. The summed E-state index contributed by atoms with van der Waals surface area (Å²) in [5, 5.41) is 3.45. The first kappa shape index (κ1) is 15.0. The molecule has 1 atom stereocenters. The molecule has 1 N–H and O–H groups in total. The maximum atomic E-state index is 13.3. The zero-order chi connectivity index (χ0) is 13.2. The summed E-state index contributed by atoms with van der Waals surface area (Å²) < 4.78 is 13.3. The van der Waals surface area contributed by atoms with Gasteiger partial charge in [-0.2, -0.15) is 0 Å². The molecule has 0 saturated heterocycles. The maximum Gasteiger partial charge on any atom is 0.123 e. The zero-order valence-corrected chi connectivity index (χ0v) is 12.3. The van der Waals surface area contributed by atoms with E-state index in [0.29, 0.717) is 5.92 Å². The summed E-state index contributed by atoms with van der Waals surface area (Å²) in [6, 6.07) is 13.3. The molecular weight excluding hydrogens is 273 g/mol. The molecule has 0 aromatic heterocycles. The highest BCUT2D eigenvalue weighted by molar-refractivity contribution is 5.85. The second-order valence-corrected chi connectivity index (χ2v) is 5.28. The molecule has 1 aliphatic rings. The molecule has 3 rings (SSSR count). The van der Waals surface area contributed by atoms with Crippen molar-refractivity contribution in [2.45, 2.75) is 19.3 Å². The second-order valence-electron chi connectivity index (χ2n) is 5.28. The van der Waals surface area contributed by atoms with Crippen molar-refractivity contribution in [3.63, 3.8) is 0 Å². The van der Waals surface area contributed by atoms with Gasteiger partial charge in [-0.05, 0) is 53.3 Å². The normalized spacial score (nSPS) is 17.8. The summed E-state index contributed by atoms with van der Waals surface area (Å²) in [7, 11) is 0. The Morgan fingerprint density at radius 1 is 1.10 bits per heavy atom.